The van der Waals surface area contributed by atoms with Gasteiger partial charge in [-0.1, -0.05) is 35.8 Å². The summed E-state index contributed by atoms with van der Waals surface area (Å²) in [6.45, 7) is 4.02. The summed E-state index contributed by atoms with van der Waals surface area (Å²) in [5.74, 6) is 1.26. The maximum absolute atomic E-state index is 12.7. The Balaban J connectivity index is 1.61. The summed E-state index contributed by atoms with van der Waals surface area (Å²) in [4.78, 5) is 37.4. The van der Waals surface area contributed by atoms with Gasteiger partial charge >= 0.3 is 0 Å². The lowest BCUT2D eigenvalue weighted by Crippen LogP contribution is -2.44. The maximum atomic E-state index is 12.7. The lowest BCUT2D eigenvalue weighted by molar-refractivity contribution is -0.139. The van der Waals surface area contributed by atoms with E-state index < -0.39 is 6.04 Å². The summed E-state index contributed by atoms with van der Waals surface area (Å²) in [5, 5.41) is 1.57. The van der Waals surface area contributed by atoms with Crippen molar-refractivity contribution in [2.24, 2.45) is 5.92 Å². The van der Waals surface area contributed by atoms with Gasteiger partial charge in [-0.2, -0.15) is 0 Å². The highest BCUT2D eigenvalue weighted by atomic mass is 35.5. The first-order chi connectivity index (χ1) is 17.7. The van der Waals surface area contributed by atoms with Gasteiger partial charge in [-0.15, -0.1) is 0 Å². The molecule has 3 aromatic rings. The van der Waals surface area contributed by atoms with Crippen molar-refractivity contribution in [2.45, 2.75) is 18.9 Å². The van der Waals surface area contributed by atoms with Crippen molar-refractivity contribution in [3.05, 3.63) is 59.0 Å². The highest BCUT2D eigenvalue weighted by molar-refractivity contribution is 6.41. The summed E-state index contributed by atoms with van der Waals surface area (Å²) in [5.41, 5.74) is 2.13. The van der Waals surface area contributed by atoms with Crippen LogP contribution in [-0.4, -0.2) is 72.5 Å². The number of halogens is 2. The highest BCUT2D eigenvalue weighted by Gasteiger charge is 2.39. The Morgan fingerprint density at radius 2 is 1.84 bits per heavy atom. The van der Waals surface area contributed by atoms with E-state index in [4.69, 9.17) is 37.7 Å². The van der Waals surface area contributed by atoms with Crippen molar-refractivity contribution in [1.82, 2.24) is 19.8 Å². The van der Waals surface area contributed by atoms with Crippen LogP contribution in [0.1, 0.15) is 12.2 Å². The molecule has 0 saturated carbocycles. The molecule has 2 aromatic carbocycles. The first kappa shape index (κ1) is 26.7. The number of likely N-dealkylation sites (tertiary alicyclic amines) is 1. The zero-order valence-electron chi connectivity index (χ0n) is 21.1. The third-order valence-electron chi connectivity index (χ3n) is 6.53. The zero-order chi connectivity index (χ0) is 26.9. The number of amides is 2. The third-order valence-corrected chi connectivity index (χ3v) is 7.29. The van der Waals surface area contributed by atoms with Gasteiger partial charge in [0.2, 0.25) is 11.8 Å². The first-order valence-corrected chi connectivity index (χ1v) is 12.4. The predicted molar refractivity (Wildman–Crippen MR) is 144 cm³/mol. The molecule has 2 heterocycles. The number of ether oxygens (including phenoxy) is 2. The minimum absolute atomic E-state index is 0.0522. The molecule has 0 aliphatic carbocycles. The average Bonchev–Trinajstić information content (AvgIpc) is 3.31. The van der Waals surface area contributed by atoms with E-state index in [1.165, 1.54) is 25.2 Å². The van der Waals surface area contributed by atoms with E-state index in [2.05, 4.69) is 11.6 Å². The fraction of sp³-hybridized carbons (Fsp3) is 0.333. The van der Waals surface area contributed by atoms with Crippen molar-refractivity contribution in [2.75, 3.05) is 34.9 Å². The number of benzene rings is 2. The molecule has 0 unspecified atom stereocenters. The molecule has 0 bridgehead atoms. The standard InChI is InChI=1S/C27H28Cl2N4O4/c1-6-23(34)33-14-15(9-19(33)27(35)32(2)3)10-22-30-13-17-11-16(7-8-18(17)31-22)24-25(28)20(36-4)12-21(37-5)26(24)29/h6-8,11-13,15,19H,1,9-10,14H2,2-5H3/t15-,19+/m1/s1. The van der Waals surface area contributed by atoms with Crippen LogP contribution in [0.5, 0.6) is 11.5 Å². The fourth-order valence-corrected chi connectivity index (χ4v) is 5.41. The Morgan fingerprint density at radius 3 is 2.43 bits per heavy atom. The number of fused-ring (bicyclic) bond motifs is 1. The van der Waals surface area contributed by atoms with Crippen LogP contribution >= 0.6 is 23.2 Å². The van der Waals surface area contributed by atoms with Crippen LogP contribution < -0.4 is 9.47 Å². The SMILES string of the molecule is C=CC(=O)N1C[C@@H](Cc2ncc3cc(-c4c(Cl)c(OC)cc(OC)c4Cl)ccc3n2)C[C@H]1C(=O)N(C)C. The Morgan fingerprint density at radius 1 is 1.16 bits per heavy atom. The molecule has 37 heavy (non-hydrogen) atoms. The van der Waals surface area contributed by atoms with E-state index in [-0.39, 0.29) is 17.7 Å². The normalized spacial score (nSPS) is 17.1. The van der Waals surface area contributed by atoms with Gasteiger partial charge < -0.3 is 19.3 Å². The third kappa shape index (κ3) is 5.22. The summed E-state index contributed by atoms with van der Waals surface area (Å²) in [7, 11) is 6.44. The van der Waals surface area contributed by atoms with Crippen LogP contribution in [0.15, 0.2) is 43.1 Å². The minimum atomic E-state index is -0.511. The Hall–Kier alpha value is -3.36. The van der Waals surface area contributed by atoms with Gasteiger partial charge in [0.15, 0.2) is 0 Å². The number of carbonyl (C=O) groups is 2. The van der Waals surface area contributed by atoms with Crippen LogP contribution in [0.25, 0.3) is 22.0 Å². The molecule has 1 aliphatic rings. The maximum Gasteiger partial charge on any atom is 0.246 e. The van der Waals surface area contributed by atoms with Crippen LogP contribution in [0.2, 0.25) is 10.0 Å². The second kappa shape index (κ2) is 10.9. The summed E-state index contributed by atoms with van der Waals surface area (Å²) in [6, 6.07) is 6.82. The second-order valence-electron chi connectivity index (χ2n) is 9.09. The summed E-state index contributed by atoms with van der Waals surface area (Å²) < 4.78 is 10.8. The number of aromatic nitrogens is 2. The smallest absolute Gasteiger partial charge is 0.246 e. The topological polar surface area (TPSA) is 84.9 Å². The van der Waals surface area contributed by atoms with Gasteiger partial charge in [0.25, 0.3) is 0 Å². The van der Waals surface area contributed by atoms with Crippen LogP contribution in [-0.2, 0) is 16.0 Å². The molecule has 2 amide bonds. The molecule has 2 atom stereocenters. The van der Waals surface area contributed by atoms with Crippen LogP contribution in [0.4, 0.5) is 0 Å². The number of hydrogen-bond acceptors (Lipinski definition) is 6. The number of hydrogen-bond donors (Lipinski definition) is 0. The molecule has 1 saturated heterocycles. The molecule has 8 nitrogen and oxygen atoms in total. The molecular weight excluding hydrogens is 515 g/mol. The molecule has 1 aliphatic heterocycles. The Kier molecular flexibility index (Phi) is 7.90. The van der Waals surface area contributed by atoms with Crippen LogP contribution in [0, 0.1) is 5.92 Å². The fourth-order valence-electron chi connectivity index (χ4n) is 4.69. The van der Waals surface area contributed by atoms with Gasteiger partial charge in [0.05, 0.1) is 29.8 Å². The molecule has 0 radical (unpaired) electrons. The van der Waals surface area contributed by atoms with Crippen molar-refractivity contribution in [1.29, 1.82) is 0 Å². The molecule has 10 heteroatoms. The molecule has 1 aromatic heterocycles. The highest BCUT2D eigenvalue weighted by Crippen LogP contribution is 2.46. The molecule has 0 N–H and O–H groups in total. The number of nitrogens with zero attached hydrogens (tertiary/aromatic N) is 4. The van der Waals surface area contributed by atoms with Gasteiger partial charge in [0, 0.05) is 50.3 Å². The van der Waals surface area contributed by atoms with Crippen LogP contribution in [0.3, 0.4) is 0 Å². The van der Waals surface area contributed by atoms with Crippen molar-refractivity contribution >= 4 is 45.9 Å². The number of methoxy groups -OCH3 is 2. The van der Waals surface area contributed by atoms with E-state index in [9.17, 15) is 9.59 Å². The largest absolute Gasteiger partial charge is 0.495 e. The number of carbonyl (C=O) groups excluding carboxylic acids is 2. The van der Waals surface area contributed by atoms with Gasteiger partial charge in [0.1, 0.15) is 23.4 Å². The molecular formula is C27H28Cl2N4O4. The first-order valence-electron chi connectivity index (χ1n) is 11.7. The van der Waals surface area contributed by atoms with E-state index in [0.29, 0.717) is 52.3 Å². The van der Waals surface area contributed by atoms with E-state index in [1.54, 1.807) is 31.3 Å². The van der Waals surface area contributed by atoms with Gasteiger partial charge in [-0.3, -0.25) is 9.59 Å². The quantitative estimate of drug-likeness (QED) is 0.404. The summed E-state index contributed by atoms with van der Waals surface area (Å²) in [6.07, 6.45) is 4.09. The van der Waals surface area contributed by atoms with Gasteiger partial charge in [-0.05, 0) is 36.1 Å². The second-order valence-corrected chi connectivity index (χ2v) is 9.85. The minimum Gasteiger partial charge on any atom is -0.495 e. The lowest BCUT2D eigenvalue weighted by Gasteiger charge is -2.24. The molecule has 194 valence electrons. The van der Waals surface area contributed by atoms with E-state index >= 15 is 0 Å². The van der Waals surface area contributed by atoms with E-state index in [1.807, 2.05) is 18.2 Å². The Bertz CT molecular complexity index is 1350. The number of likely N-dealkylation sites (N-methyl/N-ethyl adjacent to an activating group) is 1. The summed E-state index contributed by atoms with van der Waals surface area (Å²) >= 11 is 13.2. The Labute approximate surface area is 225 Å². The van der Waals surface area contributed by atoms with E-state index in [0.717, 1.165) is 16.5 Å². The monoisotopic (exact) mass is 542 g/mol. The van der Waals surface area contributed by atoms with Gasteiger partial charge in [-0.25, -0.2) is 9.97 Å². The van der Waals surface area contributed by atoms with Crippen molar-refractivity contribution in [3.8, 4) is 22.6 Å². The molecule has 4 rings (SSSR count). The zero-order valence-corrected chi connectivity index (χ0v) is 22.6. The number of rotatable bonds is 7. The average molecular weight is 543 g/mol. The van der Waals surface area contributed by atoms with Crippen molar-refractivity contribution < 1.29 is 19.1 Å². The molecule has 0 spiro atoms. The molecule has 1 fully saturated rings. The predicted octanol–water partition coefficient (Wildman–Crippen LogP) is 4.65. The van der Waals surface area contributed by atoms with Crippen molar-refractivity contribution in [3.63, 3.8) is 0 Å². The lowest BCUT2D eigenvalue weighted by atomic mass is 10.0.